The highest BCUT2D eigenvalue weighted by Crippen LogP contribution is 2.59. The molecule has 0 aromatic heterocycles. The molecule has 6 atom stereocenters. The summed E-state index contributed by atoms with van der Waals surface area (Å²) < 4.78 is 6.56. The lowest BCUT2D eigenvalue weighted by atomic mass is 9.70. The molecule has 4 rings (SSSR count). The number of aliphatic hydroxyl groups excluding tert-OH is 1. The molecule has 8 heteroatoms. The summed E-state index contributed by atoms with van der Waals surface area (Å²) >= 11 is 0. The van der Waals surface area contributed by atoms with Gasteiger partial charge in [0.1, 0.15) is 11.6 Å². The fraction of sp³-hybridized carbons (Fsp3) is 0.552. The highest BCUT2D eigenvalue weighted by Gasteiger charge is 2.75. The van der Waals surface area contributed by atoms with Crippen molar-refractivity contribution < 1.29 is 24.2 Å². The maximum absolute atomic E-state index is 14.2. The van der Waals surface area contributed by atoms with Crippen LogP contribution in [0.15, 0.2) is 55.6 Å². The number of anilines is 1. The number of amides is 3. The van der Waals surface area contributed by atoms with Gasteiger partial charge in [0.15, 0.2) is 0 Å². The maximum Gasteiger partial charge on any atom is 0.249 e. The lowest BCUT2D eigenvalue weighted by Gasteiger charge is -2.43. The Morgan fingerprint density at radius 2 is 1.84 bits per heavy atom. The van der Waals surface area contributed by atoms with E-state index in [0.717, 1.165) is 0 Å². The highest BCUT2D eigenvalue weighted by molar-refractivity contribution is 6.03. The molecule has 3 saturated heterocycles. The van der Waals surface area contributed by atoms with Crippen LogP contribution < -0.4 is 4.90 Å². The van der Waals surface area contributed by atoms with Crippen LogP contribution in [-0.4, -0.2) is 81.7 Å². The van der Waals surface area contributed by atoms with Gasteiger partial charge < -0.3 is 24.5 Å². The van der Waals surface area contributed by atoms with Crippen LogP contribution in [-0.2, 0) is 19.1 Å². The number of ether oxygens (including phenoxy) is 1. The second-order valence-corrected chi connectivity index (χ2v) is 11.3. The van der Waals surface area contributed by atoms with Crippen molar-refractivity contribution in [3.8, 4) is 0 Å². The number of fused-ring (bicyclic) bond motifs is 1. The lowest BCUT2D eigenvalue weighted by Crippen LogP contribution is -2.61. The molecule has 0 aliphatic carbocycles. The average molecular weight is 510 g/mol. The number of nitrogens with zero attached hydrogens (tertiary/aromatic N) is 3. The van der Waals surface area contributed by atoms with Crippen LogP contribution in [0.1, 0.15) is 40.5 Å². The van der Waals surface area contributed by atoms with Crippen LogP contribution in [0.25, 0.3) is 0 Å². The van der Waals surface area contributed by atoms with Gasteiger partial charge in [-0.1, -0.05) is 30.4 Å². The zero-order chi connectivity index (χ0) is 27.1. The monoisotopic (exact) mass is 509 g/mol. The standard InChI is InChI=1S/C29H39N3O5/c1-7-16-30(20-12-10-9-11-13-20)25(34)22-21-14-15-29(37-21)23(22)26(35)32(19(3)18-33)24(29)27(36)31(17-8-2)28(4,5)6/h7-13,19,21-24,33H,1-2,14-18H2,3-6H3/t19-,21-,22+,23+,24?,29?/m1/s1. The molecule has 3 amide bonds. The topological polar surface area (TPSA) is 90.4 Å². The van der Waals surface area contributed by atoms with E-state index in [1.54, 1.807) is 28.9 Å². The Kier molecular flexibility index (Phi) is 7.36. The van der Waals surface area contributed by atoms with Gasteiger partial charge in [0, 0.05) is 24.3 Å². The fourth-order valence-electron chi connectivity index (χ4n) is 6.42. The van der Waals surface area contributed by atoms with Gasteiger partial charge in [-0.05, 0) is 52.7 Å². The summed E-state index contributed by atoms with van der Waals surface area (Å²) in [5, 5.41) is 10.1. The van der Waals surface area contributed by atoms with Crippen LogP contribution >= 0.6 is 0 Å². The summed E-state index contributed by atoms with van der Waals surface area (Å²) in [6.07, 6.45) is 3.96. The molecular formula is C29H39N3O5. The van der Waals surface area contributed by atoms with Crippen molar-refractivity contribution in [1.82, 2.24) is 9.80 Å². The summed E-state index contributed by atoms with van der Waals surface area (Å²) in [4.78, 5) is 47.3. The van der Waals surface area contributed by atoms with Gasteiger partial charge in [-0.15, -0.1) is 13.2 Å². The Hall–Kier alpha value is -2.97. The van der Waals surface area contributed by atoms with Gasteiger partial charge in [0.2, 0.25) is 17.7 Å². The summed E-state index contributed by atoms with van der Waals surface area (Å²) in [7, 11) is 0. The maximum atomic E-state index is 14.2. The molecule has 2 bridgehead atoms. The first kappa shape index (κ1) is 27.1. The van der Waals surface area contributed by atoms with Gasteiger partial charge >= 0.3 is 0 Å². The number of aliphatic hydroxyl groups is 1. The van der Waals surface area contributed by atoms with Crippen molar-refractivity contribution in [3.05, 3.63) is 55.6 Å². The van der Waals surface area contributed by atoms with E-state index in [9.17, 15) is 19.5 Å². The highest BCUT2D eigenvalue weighted by atomic mass is 16.5. The third-order valence-electron chi connectivity index (χ3n) is 8.03. The number of hydrogen-bond donors (Lipinski definition) is 1. The first-order chi connectivity index (χ1) is 17.5. The molecule has 3 aliphatic heterocycles. The third-order valence-corrected chi connectivity index (χ3v) is 8.03. The Balaban J connectivity index is 1.79. The Bertz CT molecular complexity index is 1070. The number of carbonyl (C=O) groups is 3. The molecule has 1 aromatic rings. The molecule has 37 heavy (non-hydrogen) atoms. The Morgan fingerprint density at radius 3 is 2.41 bits per heavy atom. The van der Waals surface area contributed by atoms with Gasteiger partial charge in [-0.3, -0.25) is 14.4 Å². The first-order valence-corrected chi connectivity index (χ1v) is 13.0. The van der Waals surface area contributed by atoms with E-state index in [1.807, 2.05) is 51.1 Å². The van der Waals surface area contributed by atoms with E-state index >= 15 is 0 Å². The molecule has 3 fully saturated rings. The average Bonchev–Trinajstić information content (AvgIpc) is 3.51. The third kappa shape index (κ3) is 4.30. The van der Waals surface area contributed by atoms with Crippen LogP contribution in [0.3, 0.4) is 0 Å². The van der Waals surface area contributed by atoms with E-state index in [0.29, 0.717) is 25.1 Å². The number of carbonyl (C=O) groups excluding carboxylic acids is 3. The molecule has 3 heterocycles. The zero-order valence-electron chi connectivity index (χ0n) is 22.3. The quantitative estimate of drug-likeness (QED) is 0.517. The Morgan fingerprint density at radius 1 is 1.19 bits per heavy atom. The second-order valence-electron chi connectivity index (χ2n) is 11.3. The normalized spacial score (nSPS) is 29.1. The fourth-order valence-corrected chi connectivity index (χ4v) is 6.42. The lowest BCUT2D eigenvalue weighted by molar-refractivity contribution is -0.153. The minimum atomic E-state index is -1.12. The molecule has 1 N–H and O–H groups in total. The first-order valence-electron chi connectivity index (χ1n) is 13.0. The van der Waals surface area contributed by atoms with E-state index < -0.39 is 41.2 Å². The number of rotatable bonds is 9. The van der Waals surface area contributed by atoms with Crippen molar-refractivity contribution in [2.75, 3.05) is 24.6 Å². The minimum Gasteiger partial charge on any atom is -0.394 e. The summed E-state index contributed by atoms with van der Waals surface area (Å²) in [6, 6.07) is 7.76. The molecule has 2 unspecified atom stereocenters. The predicted molar refractivity (Wildman–Crippen MR) is 142 cm³/mol. The van der Waals surface area contributed by atoms with Crippen LogP contribution in [0.4, 0.5) is 5.69 Å². The zero-order valence-corrected chi connectivity index (χ0v) is 22.3. The smallest absolute Gasteiger partial charge is 0.249 e. The van der Waals surface area contributed by atoms with E-state index in [1.165, 1.54) is 4.90 Å². The van der Waals surface area contributed by atoms with Crippen molar-refractivity contribution in [1.29, 1.82) is 0 Å². The van der Waals surface area contributed by atoms with Crippen molar-refractivity contribution in [3.63, 3.8) is 0 Å². The number of hydrogen-bond acceptors (Lipinski definition) is 5. The number of benzene rings is 1. The van der Waals surface area contributed by atoms with Gasteiger partial charge in [-0.2, -0.15) is 0 Å². The van der Waals surface area contributed by atoms with E-state index in [2.05, 4.69) is 13.2 Å². The van der Waals surface area contributed by atoms with Gasteiger partial charge in [0.05, 0.1) is 30.6 Å². The Labute approximate surface area is 219 Å². The van der Waals surface area contributed by atoms with E-state index in [-0.39, 0.29) is 30.9 Å². The van der Waals surface area contributed by atoms with Gasteiger partial charge in [-0.25, -0.2) is 0 Å². The van der Waals surface area contributed by atoms with Crippen LogP contribution in [0.2, 0.25) is 0 Å². The molecular weight excluding hydrogens is 470 g/mol. The largest absolute Gasteiger partial charge is 0.394 e. The number of likely N-dealkylation sites (tertiary alicyclic amines) is 1. The molecule has 0 radical (unpaired) electrons. The van der Waals surface area contributed by atoms with Crippen molar-refractivity contribution >= 4 is 23.4 Å². The van der Waals surface area contributed by atoms with Crippen LogP contribution in [0, 0.1) is 11.8 Å². The van der Waals surface area contributed by atoms with Crippen molar-refractivity contribution in [2.24, 2.45) is 11.8 Å². The van der Waals surface area contributed by atoms with Gasteiger partial charge in [0.25, 0.3) is 0 Å². The summed E-state index contributed by atoms with van der Waals surface area (Å²) in [5.74, 6) is -2.29. The summed E-state index contributed by atoms with van der Waals surface area (Å²) in [6.45, 7) is 15.5. The molecule has 1 aromatic carbocycles. The van der Waals surface area contributed by atoms with E-state index in [4.69, 9.17) is 4.74 Å². The summed E-state index contributed by atoms with van der Waals surface area (Å²) in [5.41, 5.74) is -0.936. The molecule has 200 valence electrons. The predicted octanol–water partition coefficient (Wildman–Crippen LogP) is 2.77. The second kappa shape index (κ2) is 10.1. The molecule has 0 saturated carbocycles. The van der Waals surface area contributed by atoms with Crippen LogP contribution in [0.5, 0.6) is 0 Å². The molecule has 1 spiro atoms. The minimum absolute atomic E-state index is 0.209. The number of para-hydroxylation sites is 1. The van der Waals surface area contributed by atoms with Crippen molar-refractivity contribution in [2.45, 2.75) is 69.9 Å². The molecule has 3 aliphatic rings. The SMILES string of the molecule is C=CCN(C(=O)[C@@H]1[C@H]2C(=O)N([C@H](C)CO)C(C(=O)N(CC=C)C(C)(C)C)C23CC[C@H]1O3)c1ccccc1. The molecule has 8 nitrogen and oxygen atoms in total.